The largest absolute Gasteiger partial charge is 0.379 e. The van der Waals surface area contributed by atoms with Gasteiger partial charge in [-0.3, -0.25) is 0 Å². The second kappa shape index (κ2) is 4.97. The van der Waals surface area contributed by atoms with Crippen LogP contribution < -0.4 is 0 Å². The van der Waals surface area contributed by atoms with Crippen molar-refractivity contribution in [2.45, 2.75) is 52.6 Å². The molecule has 0 radical (unpaired) electrons. The van der Waals surface area contributed by atoms with Crippen LogP contribution in [0.25, 0.3) is 0 Å². The van der Waals surface area contributed by atoms with Crippen molar-refractivity contribution in [3.63, 3.8) is 0 Å². The van der Waals surface area contributed by atoms with Gasteiger partial charge < -0.3 is 4.74 Å². The molecule has 1 unspecified atom stereocenters. The van der Waals surface area contributed by atoms with Gasteiger partial charge in [-0.1, -0.05) is 25.2 Å². The average molecular weight is 236 g/mol. The van der Waals surface area contributed by atoms with Crippen LogP contribution in [0.15, 0.2) is 24.8 Å². The molecule has 1 aliphatic rings. The summed E-state index contributed by atoms with van der Waals surface area (Å²) in [4.78, 5) is 0. The molecule has 1 heteroatoms. The van der Waals surface area contributed by atoms with E-state index < -0.39 is 0 Å². The zero-order valence-electron chi connectivity index (χ0n) is 12.2. The lowest BCUT2D eigenvalue weighted by Gasteiger charge is -2.47. The van der Waals surface area contributed by atoms with Gasteiger partial charge in [-0.25, -0.2) is 0 Å². The minimum absolute atomic E-state index is 0.0315. The summed E-state index contributed by atoms with van der Waals surface area (Å²) in [6.45, 7) is 17.1. The molecule has 1 aliphatic carbocycles. The highest BCUT2D eigenvalue weighted by Gasteiger charge is 2.42. The molecule has 17 heavy (non-hydrogen) atoms. The van der Waals surface area contributed by atoms with E-state index in [0.29, 0.717) is 11.8 Å². The third-order valence-electron chi connectivity index (χ3n) is 4.92. The third kappa shape index (κ3) is 2.82. The Labute approximate surface area is 107 Å². The molecule has 0 aromatic heterocycles. The minimum atomic E-state index is -0.0315. The highest BCUT2D eigenvalue weighted by molar-refractivity contribution is 5.12. The lowest BCUT2D eigenvalue weighted by molar-refractivity contribution is -0.0574. The first-order chi connectivity index (χ1) is 7.77. The van der Waals surface area contributed by atoms with E-state index in [1.54, 1.807) is 0 Å². The molecule has 0 aliphatic heterocycles. The Morgan fingerprint density at radius 3 is 2.47 bits per heavy atom. The lowest BCUT2D eigenvalue weighted by atomic mass is 9.60. The van der Waals surface area contributed by atoms with E-state index in [9.17, 15) is 0 Å². The van der Waals surface area contributed by atoms with Gasteiger partial charge in [-0.2, -0.15) is 0 Å². The molecule has 98 valence electrons. The maximum Gasteiger partial charge on any atom is 0.0651 e. The molecule has 0 N–H and O–H groups in total. The Morgan fingerprint density at radius 2 is 2.06 bits per heavy atom. The topological polar surface area (TPSA) is 9.23 Å². The fraction of sp³-hybridized carbons (Fsp3) is 0.750. The Hall–Kier alpha value is -0.560. The smallest absolute Gasteiger partial charge is 0.0651 e. The van der Waals surface area contributed by atoms with Crippen LogP contribution in [0, 0.1) is 17.3 Å². The molecule has 0 aromatic rings. The van der Waals surface area contributed by atoms with Crippen molar-refractivity contribution in [3.8, 4) is 0 Å². The van der Waals surface area contributed by atoms with Crippen molar-refractivity contribution < 1.29 is 4.74 Å². The summed E-state index contributed by atoms with van der Waals surface area (Å²) < 4.78 is 5.65. The van der Waals surface area contributed by atoms with Crippen LogP contribution in [-0.2, 0) is 4.74 Å². The predicted molar refractivity (Wildman–Crippen MR) is 75.0 cm³/mol. The summed E-state index contributed by atoms with van der Waals surface area (Å²) >= 11 is 0. The van der Waals surface area contributed by atoms with Crippen molar-refractivity contribution in [2.75, 3.05) is 7.11 Å². The maximum absolute atomic E-state index is 5.65. The average Bonchev–Trinajstić information content (AvgIpc) is 2.28. The number of ether oxygens (including phenoxy) is 1. The predicted octanol–water partition coefficient (Wildman–Crippen LogP) is 4.60. The Bertz CT molecular complexity index is 303. The normalized spacial score (nSPS) is 34.4. The zero-order valence-corrected chi connectivity index (χ0v) is 12.2. The highest BCUT2D eigenvalue weighted by Crippen LogP contribution is 2.50. The minimum Gasteiger partial charge on any atom is -0.379 e. The zero-order chi connectivity index (χ0) is 13.3. The van der Waals surface area contributed by atoms with E-state index in [-0.39, 0.29) is 11.0 Å². The SMILES string of the molecule is C=C[C@]1(C)CCC(C(C)(C)OC)C[C@H]1C(=C)C. The fourth-order valence-corrected chi connectivity index (χ4v) is 3.14. The number of allylic oxidation sites excluding steroid dienone is 2. The van der Waals surface area contributed by atoms with Gasteiger partial charge in [-0.15, -0.1) is 6.58 Å². The first-order valence-corrected chi connectivity index (χ1v) is 6.61. The molecule has 0 heterocycles. The number of hydrogen-bond acceptors (Lipinski definition) is 1. The van der Waals surface area contributed by atoms with Crippen molar-refractivity contribution in [1.82, 2.24) is 0 Å². The first kappa shape index (κ1) is 14.5. The van der Waals surface area contributed by atoms with Gasteiger partial charge in [0.1, 0.15) is 0 Å². The molecule has 0 bridgehead atoms. The van der Waals surface area contributed by atoms with E-state index in [1.165, 1.54) is 24.8 Å². The Kier molecular flexibility index (Phi) is 4.24. The maximum atomic E-state index is 5.65. The molecule has 0 amide bonds. The molecular formula is C16H28O. The van der Waals surface area contributed by atoms with Crippen LogP contribution in [0.2, 0.25) is 0 Å². The quantitative estimate of drug-likeness (QED) is 0.648. The molecule has 1 rings (SSSR count). The van der Waals surface area contributed by atoms with Gasteiger partial charge in [0.25, 0.3) is 0 Å². The van der Waals surface area contributed by atoms with Crippen molar-refractivity contribution in [1.29, 1.82) is 0 Å². The van der Waals surface area contributed by atoms with Crippen LogP contribution in [0.1, 0.15) is 47.0 Å². The van der Waals surface area contributed by atoms with E-state index in [1.807, 2.05) is 7.11 Å². The van der Waals surface area contributed by atoms with Crippen molar-refractivity contribution in [2.24, 2.45) is 17.3 Å². The second-order valence-electron chi connectivity index (χ2n) is 6.39. The molecule has 3 atom stereocenters. The van der Waals surface area contributed by atoms with Gasteiger partial charge in [-0.05, 0) is 57.3 Å². The molecule has 0 saturated heterocycles. The standard InChI is InChI=1S/C16H28O/c1-8-16(6)10-9-13(15(4,5)17-7)11-14(16)12(2)3/h8,13-14H,1-2,9-11H2,3-7H3/t13?,14-,16+/m0/s1. The lowest BCUT2D eigenvalue weighted by Crippen LogP contribution is -2.42. The molecule has 1 fully saturated rings. The molecular weight excluding hydrogens is 208 g/mol. The van der Waals surface area contributed by atoms with Crippen LogP contribution in [0.5, 0.6) is 0 Å². The fourth-order valence-electron chi connectivity index (χ4n) is 3.14. The summed E-state index contributed by atoms with van der Waals surface area (Å²) in [5.74, 6) is 1.15. The molecule has 1 nitrogen and oxygen atoms in total. The van der Waals surface area contributed by atoms with Crippen molar-refractivity contribution in [3.05, 3.63) is 24.8 Å². The summed E-state index contributed by atoms with van der Waals surface area (Å²) in [6.07, 6.45) is 5.69. The molecule has 0 spiro atoms. The second-order valence-corrected chi connectivity index (χ2v) is 6.39. The van der Waals surface area contributed by atoms with Crippen LogP contribution >= 0.6 is 0 Å². The summed E-state index contributed by atoms with van der Waals surface area (Å²) in [5, 5.41) is 0. The molecule has 1 saturated carbocycles. The first-order valence-electron chi connectivity index (χ1n) is 6.61. The summed E-state index contributed by atoms with van der Waals surface area (Å²) in [7, 11) is 1.82. The van der Waals surface area contributed by atoms with Gasteiger partial charge in [0.2, 0.25) is 0 Å². The Morgan fingerprint density at radius 1 is 1.47 bits per heavy atom. The third-order valence-corrected chi connectivity index (χ3v) is 4.92. The van der Waals surface area contributed by atoms with E-state index in [4.69, 9.17) is 4.74 Å². The van der Waals surface area contributed by atoms with Gasteiger partial charge in [0, 0.05) is 7.11 Å². The number of hydrogen-bond donors (Lipinski definition) is 0. The summed E-state index contributed by atoms with van der Waals surface area (Å²) in [6, 6.07) is 0. The summed E-state index contributed by atoms with van der Waals surface area (Å²) in [5.41, 5.74) is 1.46. The van der Waals surface area contributed by atoms with E-state index >= 15 is 0 Å². The van der Waals surface area contributed by atoms with E-state index in [0.717, 1.165) is 0 Å². The highest BCUT2D eigenvalue weighted by atomic mass is 16.5. The molecule has 0 aromatic carbocycles. The van der Waals surface area contributed by atoms with Gasteiger partial charge in [0.15, 0.2) is 0 Å². The van der Waals surface area contributed by atoms with Gasteiger partial charge in [0.05, 0.1) is 5.60 Å². The van der Waals surface area contributed by atoms with Crippen LogP contribution in [0.4, 0.5) is 0 Å². The van der Waals surface area contributed by atoms with Gasteiger partial charge >= 0.3 is 0 Å². The van der Waals surface area contributed by atoms with E-state index in [2.05, 4.69) is 46.9 Å². The van der Waals surface area contributed by atoms with Crippen molar-refractivity contribution >= 4 is 0 Å². The van der Waals surface area contributed by atoms with Crippen LogP contribution in [0.3, 0.4) is 0 Å². The monoisotopic (exact) mass is 236 g/mol. The Balaban J connectivity index is 2.90. The van der Waals surface area contributed by atoms with Crippen LogP contribution in [-0.4, -0.2) is 12.7 Å². The number of rotatable bonds is 4. The number of methoxy groups -OCH3 is 1.